The van der Waals surface area contributed by atoms with E-state index in [4.69, 9.17) is 30.5 Å². The van der Waals surface area contributed by atoms with Crippen molar-refractivity contribution in [1.82, 2.24) is 4.98 Å². The molecule has 8 heteroatoms. The average Bonchev–Trinajstić information content (AvgIpc) is 3.69. The maximum absolute atomic E-state index is 14.2. The molecule has 4 saturated carbocycles. The van der Waals surface area contributed by atoms with Crippen LogP contribution in [0, 0.1) is 50.7 Å². The lowest BCUT2D eigenvalue weighted by Gasteiger charge is -2.72. The normalized spacial score (nSPS) is 35.4. The van der Waals surface area contributed by atoms with Gasteiger partial charge in [0, 0.05) is 22.4 Å². The second-order valence-corrected chi connectivity index (χ2v) is 22.2. The molecule has 0 amide bonds. The number of ketones is 1. The van der Waals surface area contributed by atoms with Crippen molar-refractivity contribution in [2.75, 3.05) is 0 Å². The van der Waals surface area contributed by atoms with Gasteiger partial charge < -0.3 is 13.9 Å². The third kappa shape index (κ3) is 6.34. The number of halogens is 1. The van der Waals surface area contributed by atoms with Gasteiger partial charge in [0.05, 0.1) is 23.4 Å². The molecule has 56 heavy (non-hydrogen) atoms. The molecule has 0 radical (unpaired) electrons. The summed E-state index contributed by atoms with van der Waals surface area (Å²) in [6, 6.07) is 7.66. The Kier molecular flexibility index (Phi) is 9.99. The minimum Gasteiger partial charge on any atom is -0.462 e. The lowest BCUT2D eigenvalue weighted by Crippen LogP contribution is -2.66. The van der Waals surface area contributed by atoms with E-state index in [2.05, 4.69) is 48.5 Å². The number of oxazole rings is 1. The summed E-state index contributed by atoms with van der Waals surface area (Å²) >= 11 is 6.20. The van der Waals surface area contributed by atoms with Crippen LogP contribution in [-0.2, 0) is 29.3 Å². The third-order valence-electron chi connectivity index (χ3n) is 16.2. The quantitative estimate of drug-likeness (QED) is 0.258. The lowest BCUT2D eigenvalue weighted by molar-refractivity contribution is -0.232. The molecule has 2 aromatic rings. The second-order valence-electron chi connectivity index (χ2n) is 21.7. The first-order valence-electron chi connectivity index (χ1n) is 21.3. The molecule has 0 saturated heterocycles. The summed E-state index contributed by atoms with van der Waals surface area (Å²) in [7, 11) is 0. The molecular weight excluding hydrogens is 722 g/mol. The Labute approximate surface area is 340 Å². The highest BCUT2D eigenvalue weighted by atomic mass is 35.5. The number of benzene rings is 1. The van der Waals surface area contributed by atoms with Gasteiger partial charge in [-0.1, -0.05) is 60.1 Å². The predicted molar refractivity (Wildman–Crippen MR) is 220 cm³/mol. The van der Waals surface area contributed by atoms with Crippen molar-refractivity contribution in [1.29, 1.82) is 0 Å². The number of carbonyl (C=O) groups is 3. The molecule has 0 aliphatic heterocycles. The van der Waals surface area contributed by atoms with Crippen LogP contribution >= 0.6 is 11.6 Å². The number of Topliss-reactive ketones (excluding diaryl/α,β-unsaturated/α-hetero) is 1. The molecule has 7 nitrogen and oxygen atoms in total. The van der Waals surface area contributed by atoms with Crippen LogP contribution in [0.4, 0.5) is 0 Å². The Bertz CT molecular complexity index is 1930. The number of allylic oxidation sites excluding steroid dienone is 2. The van der Waals surface area contributed by atoms with Gasteiger partial charge in [-0.3, -0.25) is 14.4 Å². The minimum absolute atomic E-state index is 0.000203. The fourth-order valence-corrected chi connectivity index (χ4v) is 13.5. The molecule has 0 bridgehead atoms. The van der Waals surface area contributed by atoms with Gasteiger partial charge in [-0.2, -0.15) is 0 Å². The van der Waals surface area contributed by atoms with E-state index in [0.29, 0.717) is 34.9 Å². The topological polar surface area (TPSA) is 95.7 Å². The van der Waals surface area contributed by atoms with Crippen LogP contribution in [-0.4, -0.2) is 34.4 Å². The smallest absolute Gasteiger partial charge is 0.312 e. The standard InChI is InChI=1S/C48H66ClNO6/c1-28(2)38-32(51)25-48(40-50-27-33(54-40)29-13-15-30(49)16-14-29)24-23-46(11)31(39(38)48)17-18-35-45(10)21-20-36(44(8,9)34(45)19-22-47(35,46)12)55-37(52)26-43(6,7)41(53)56-42(3,4)5/h13-16,27-28,31,34-36H,17-26H2,1-12H3/t31-,34+,35-,36+,45+,46-,47-,48-/m1/s1. The van der Waals surface area contributed by atoms with Crippen LogP contribution in [0.1, 0.15) is 153 Å². The molecule has 4 fully saturated rings. The van der Waals surface area contributed by atoms with Crippen molar-refractivity contribution in [2.24, 2.45) is 50.7 Å². The van der Waals surface area contributed by atoms with Crippen LogP contribution in [0.3, 0.4) is 0 Å². The maximum atomic E-state index is 14.2. The number of hydrogen-bond acceptors (Lipinski definition) is 7. The summed E-state index contributed by atoms with van der Waals surface area (Å²) in [5.41, 5.74) is 1.08. The number of ether oxygens (including phenoxy) is 2. The van der Waals surface area contributed by atoms with E-state index in [1.807, 2.05) is 51.2 Å². The van der Waals surface area contributed by atoms with E-state index in [1.165, 1.54) is 5.57 Å². The van der Waals surface area contributed by atoms with Gasteiger partial charge in [0.25, 0.3) is 0 Å². The van der Waals surface area contributed by atoms with Gasteiger partial charge in [-0.05, 0) is 161 Å². The molecule has 306 valence electrons. The Morgan fingerprint density at radius 1 is 0.893 bits per heavy atom. The number of carbonyl (C=O) groups excluding carboxylic acids is 3. The molecule has 1 aromatic heterocycles. The molecule has 1 aromatic carbocycles. The molecule has 0 spiro atoms. The third-order valence-corrected chi connectivity index (χ3v) is 16.5. The molecule has 0 N–H and O–H groups in total. The SMILES string of the molecule is CC(C)C1=C2[C@H]3CC[C@@H]4[C@@]5(C)CC[C@H](OC(=O)CC(C)(C)C(=O)OC(C)(C)C)C(C)(C)[C@@H]5CC[C@@]4(C)[C@]3(C)CC[C@@]2(c2ncc(-c3ccc(Cl)cc3)o2)CC1=O. The van der Waals surface area contributed by atoms with Crippen LogP contribution in [0.5, 0.6) is 0 Å². The van der Waals surface area contributed by atoms with Crippen molar-refractivity contribution in [2.45, 2.75) is 164 Å². The Morgan fingerprint density at radius 2 is 1.57 bits per heavy atom. The highest BCUT2D eigenvalue weighted by Crippen LogP contribution is 2.77. The number of esters is 2. The Morgan fingerprint density at radius 3 is 2.21 bits per heavy atom. The number of aromatic nitrogens is 1. The van der Waals surface area contributed by atoms with Gasteiger partial charge >= 0.3 is 11.9 Å². The maximum Gasteiger partial charge on any atom is 0.312 e. The van der Waals surface area contributed by atoms with E-state index in [9.17, 15) is 14.4 Å². The predicted octanol–water partition coefficient (Wildman–Crippen LogP) is 11.9. The molecule has 5 aliphatic rings. The fraction of sp³-hybridized carbons (Fsp3) is 0.708. The Balaban J connectivity index is 1.16. The molecule has 0 unspecified atom stereocenters. The van der Waals surface area contributed by atoms with Crippen molar-refractivity contribution in [3.8, 4) is 11.3 Å². The van der Waals surface area contributed by atoms with Crippen molar-refractivity contribution >= 4 is 29.3 Å². The largest absolute Gasteiger partial charge is 0.462 e. The van der Waals surface area contributed by atoms with Crippen molar-refractivity contribution in [3.05, 3.63) is 52.5 Å². The summed E-state index contributed by atoms with van der Waals surface area (Å²) in [5.74, 6) is 2.24. The molecule has 8 atom stereocenters. The first-order chi connectivity index (χ1) is 25.9. The summed E-state index contributed by atoms with van der Waals surface area (Å²) in [6.45, 7) is 25.8. The molecule has 7 rings (SSSR count). The average molecular weight is 789 g/mol. The van der Waals surface area contributed by atoms with Gasteiger partial charge in [-0.15, -0.1) is 0 Å². The molecular formula is C48H66ClNO6. The summed E-state index contributed by atoms with van der Waals surface area (Å²) in [6.07, 6.45) is 10.0. The lowest BCUT2D eigenvalue weighted by atomic mass is 9.33. The molecule has 1 heterocycles. The van der Waals surface area contributed by atoms with Gasteiger partial charge in [0.2, 0.25) is 5.89 Å². The highest BCUT2D eigenvalue weighted by molar-refractivity contribution is 6.30. The fourth-order valence-electron chi connectivity index (χ4n) is 13.4. The van der Waals surface area contributed by atoms with E-state index in [-0.39, 0.29) is 63.7 Å². The summed E-state index contributed by atoms with van der Waals surface area (Å²) in [5, 5.41) is 0.676. The second kappa shape index (κ2) is 13.6. The zero-order valence-corrected chi connectivity index (χ0v) is 36.9. The van der Waals surface area contributed by atoms with Crippen LogP contribution in [0.15, 0.2) is 46.0 Å². The van der Waals surface area contributed by atoms with E-state index < -0.39 is 16.4 Å². The van der Waals surface area contributed by atoms with E-state index >= 15 is 0 Å². The van der Waals surface area contributed by atoms with Crippen LogP contribution < -0.4 is 0 Å². The monoisotopic (exact) mass is 787 g/mol. The molecule has 5 aliphatic carbocycles. The Hall–Kier alpha value is -2.93. The zero-order chi connectivity index (χ0) is 41.0. The van der Waals surface area contributed by atoms with E-state index in [0.717, 1.165) is 62.5 Å². The first kappa shape index (κ1) is 41.2. The van der Waals surface area contributed by atoms with Gasteiger partial charge in [-0.25, -0.2) is 4.98 Å². The van der Waals surface area contributed by atoms with Crippen molar-refractivity contribution < 1.29 is 28.3 Å². The number of rotatable bonds is 7. The van der Waals surface area contributed by atoms with Gasteiger partial charge in [0.1, 0.15) is 11.7 Å². The zero-order valence-electron chi connectivity index (χ0n) is 36.1. The van der Waals surface area contributed by atoms with E-state index in [1.54, 1.807) is 13.8 Å². The minimum atomic E-state index is -0.975. The van der Waals surface area contributed by atoms with Crippen molar-refractivity contribution in [3.63, 3.8) is 0 Å². The summed E-state index contributed by atoms with van der Waals surface area (Å²) < 4.78 is 18.7. The summed E-state index contributed by atoms with van der Waals surface area (Å²) in [4.78, 5) is 45.7. The number of nitrogens with zero attached hydrogens (tertiary/aromatic N) is 1. The van der Waals surface area contributed by atoms with Crippen LogP contribution in [0.25, 0.3) is 11.3 Å². The number of fused-ring (bicyclic) bond motifs is 7. The van der Waals surface area contributed by atoms with Crippen LogP contribution in [0.2, 0.25) is 5.02 Å². The number of hydrogen-bond donors (Lipinski definition) is 0. The van der Waals surface area contributed by atoms with Gasteiger partial charge in [0.15, 0.2) is 11.5 Å². The highest BCUT2D eigenvalue weighted by Gasteiger charge is 2.71. The first-order valence-corrected chi connectivity index (χ1v) is 21.7.